The number of para-hydroxylation sites is 1. The minimum atomic E-state index is -2.03. The Morgan fingerprint density at radius 2 is 1.73 bits per heavy atom. The van der Waals surface area contributed by atoms with E-state index in [1.807, 2.05) is 54.6 Å². The Morgan fingerprint density at radius 1 is 1.00 bits per heavy atom. The summed E-state index contributed by atoms with van der Waals surface area (Å²) < 4.78 is 0. The standard InChI is InChI=1S/C23H17N3O4/c27-22-23(28,19-13-24-20-9-5-4-8-17(19)20)18-12-16(26(29)30)10-11-21(18)25(22)14-15-6-2-1-3-7-15/h1-13,24,28H,14H2. The number of nitrogens with zero attached hydrogens (tertiary/aromatic N) is 2. The zero-order chi connectivity index (χ0) is 20.9. The monoisotopic (exact) mass is 399 g/mol. The highest BCUT2D eigenvalue weighted by molar-refractivity contribution is 6.11. The van der Waals surface area contributed by atoms with Gasteiger partial charge in [0.25, 0.3) is 11.6 Å². The second kappa shape index (κ2) is 6.53. The summed E-state index contributed by atoms with van der Waals surface area (Å²) in [6.07, 6.45) is 1.59. The fourth-order valence-electron chi connectivity index (χ4n) is 4.14. The van der Waals surface area contributed by atoms with E-state index in [0.717, 1.165) is 11.1 Å². The number of aliphatic hydroxyl groups is 1. The molecule has 7 heteroatoms. The van der Waals surface area contributed by atoms with Crippen LogP contribution in [0.1, 0.15) is 16.7 Å². The van der Waals surface area contributed by atoms with Gasteiger partial charge in [0.15, 0.2) is 5.60 Å². The molecule has 1 amide bonds. The van der Waals surface area contributed by atoms with Crippen LogP contribution in [0.25, 0.3) is 10.9 Å². The first kappa shape index (κ1) is 18.1. The molecule has 0 spiro atoms. The number of rotatable bonds is 4. The molecule has 0 aliphatic carbocycles. The van der Waals surface area contributed by atoms with E-state index < -0.39 is 16.4 Å². The molecule has 0 bridgehead atoms. The van der Waals surface area contributed by atoms with Crippen molar-refractivity contribution in [2.45, 2.75) is 12.1 Å². The normalized spacial score (nSPS) is 18.0. The van der Waals surface area contributed by atoms with Gasteiger partial charge in [-0.05, 0) is 17.7 Å². The lowest BCUT2D eigenvalue weighted by Crippen LogP contribution is -2.40. The Bertz CT molecular complexity index is 1300. The van der Waals surface area contributed by atoms with E-state index in [-0.39, 0.29) is 17.8 Å². The zero-order valence-electron chi connectivity index (χ0n) is 15.8. The molecule has 3 aromatic carbocycles. The van der Waals surface area contributed by atoms with Gasteiger partial charge in [0, 0.05) is 40.4 Å². The molecular formula is C23H17N3O4. The maximum absolute atomic E-state index is 13.6. The van der Waals surface area contributed by atoms with E-state index in [2.05, 4.69) is 4.98 Å². The topological polar surface area (TPSA) is 99.5 Å². The van der Waals surface area contributed by atoms with Crippen LogP contribution in [0.15, 0.2) is 79.0 Å². The van der Waals surface area contributed by atoms with Crippen molar-refractivity contribution in [3.05, 3.63) is 106 Å². The third-order valence-corrected chi connectivity index (χ3v) is 5.59. The van der Waals surface area contributed by atoms with Crippen molar-refractivity contribution in [3.8, 4) is 0 Å². The predicted octanol–water partition coefficient (Wildman–Crippen LogP) is 3.86. The van der Waals surface area contributed by atoms with Gasteiger partial charge in [0.1, 0.15) is 0 Å². The lowest BCUT2D eigenvalue weighted by molar-refractivity contribution is -0.385. The van der Waals surface area contributed by atoms with Crippen LogP contribution in [-0.4, -0.2) is 20.9 Å². The molecule has 148 valence electrons. The first-order valence-electron chi connectivity index (χ1n) is 9.44. The smallest absolute Gasteiger partial charge is 0.269 e. The average Bonchev–Trinajstić information content (AvgIpc) is 3.29. The molecule has 2 N–H and O–H groups in total. The number of aromatic nitrogens is 1. The highest BCUT2D eigenvalue weighted by Gasteiger charge is 2.52. The molecule has 1 atom stereocenters. The van der Waals surface area contributed by atoms with E-state index in [4.69, 9.17) is 0 Å². The molecule has 4 aromatic rings. The Balaban J connectivity index is 1.72. The minimum absolute atomic E-state index is 0.179. The van der Waals surface area contributed by atoms with Gasteiger partial charge in [-0.15, -0.1) is 0 Å². The highest BCUT2D eigenvalue weighted by atomic mass is 16.6. The summed E-state index contributed by atoms with van der Waals surface area (Å²) in [5.41, 5.74) is 0.488. The third kappa shape index (κ3) is 2.53. The first-order chi connectivity index (χ1) is 14.5. The third-order valence-electron chi connectivity index (χ3n) is 5.59. The number of anilines is 1. The zero-order valence-corrected chi connectivity index (χ0v) is 15.8. The molecule has 2 heterocycles. The van der Waals surface area contributed by atoms with Crippen molar-refractivity contribution in [3.63, 3.8) is 0 Å². The van der Waals surface area contributed by atoms with Gasteiger partial charge in [-0.25, -0.2) is 0 Å². The number of H-pyrrole nitrogens is 1. The Morgan fingerprint density at radius 3 is 2.50 bits per heavy atom. The second-order valence-electron chi connectivity index (χ2n) is 7.29. The van der Waals surface area contributed by atoms with Crippen LogP contribution in [0.5, 0.6) is 0 Å². The van der Waals surface area contributed by atoms with E-state index in [0.29, 0.717) is 16.6 Å². The summed E-state index contributed by atoms with van der Waals surface area (Å²) in [5, 5.41) is 23.9. The van der Waals surface area contributed by atoms with E-state index >= 15 is 0 Å². The van der Waals surface area contributed by atoms with Gasteiger partial charge in [-0.1, -0.05) is 48.5 Å². The predicted molar refractivity (Wildman–Crippen MR) is 112 cm³/mol. The number of nitro groups is 1. The van der Waals surface area contributed by atoms with Crippen LogP contribution < -0.4 is 4.90 Å². The number of aromatic amines is 1. The highest BCUT2D eigenvalue weighted by Crippen LogP contribution is 2.48. The van der Waals surface area contributed by atoms with Crippen molar-refractivity contribution in [1.82, 2.24) is 4.98 Å². The summed E-state index contributed by atoms with van der Waals surface area (Å²) in [7, 11) is 0. The maximum Gasteiger partial charge on any atom is 0.269 e. The van der Waals surface area contributed by atoms with Crippen LogP contribution in [0.4, 0.5) is 11.4 Å². The Hall–Kier alpha value is -3.97. The lowest BCUT2D eigenvalue weighted by atomic mass is 9.87. The van der Waals surface area contributed by atoms with Gasteiger partial charge in [0.05, 0.1) is 17.2 Å². The number of carbonyl (C=O) groups excluding carboxylic acids is 1. The van der Waals surface area contributed by atoms with E-state index in [1.165, 1.54) is 23.1 Å². The van der Waals surface area contributed by atoms with Crippen LogP contribution in [-0.2, 0) is 16.9 Å². The largest absolute Gasteiger partial charge is 0.372 e. The SMILES string of the molecule is O=C1N(Cc2ccccc2)c2ccc([N+](=O)[O-])cc2C1(O)c1c[nH]c2ccccc12. The molecule has 7 nitrogen and oxygen atoms in total. The van der Waals surface area contributed by atoms with Gasteiger partial charge >= 0.3 is 0 Å². The fourth-order valence-corrected chi connectivity index (χ4v) is 4.14. The fraction of sp³-hybridized carbons (Fsp3) is 0.0870. The molecule has 1 unspecified atom stereocenters. The maximum atomic E-state index is 13.6. The number of benzene rings is 3. The number of nitrogens with one attached hydrogen (secondary N) is 1. The van der Waals surface area contributed by atoms with Crippen molar-refractivity contribution in [1.29, 1.82) is 0 Å². The van der Waals surface area contributed by atoms with Gasteiger partial charge in [-0.2, -0.15) is 0 Å². The summed E-state index contributed by atoms with van der Waals surface area (Å²) >= 11 is 0. The Labute approximate surface area is 171 Å². The van der Waals surface area contributed by atoms with Crippen LogP contribution >= 0.6 is 0 Å². The molecule has 1 aliphatic rings. The van der Waals surface area contributed by atoms with Crippen LogP contribution in [0.3, 0.4) is 0 Å². The van der Waals surface area contributed by atoms with Crippen LogP contribution in [0, 0.1) is 10.1 Å². The summed E-state index contributed by atoms with van der Waals surface area (Å²) in [6.45, 7) is 0.245. The lowest BCUT2D eigenvalue weighted by Gasteiger charge is -2.23. The number of fused-ring (bicyclic) bond motifs is 2. The van der Waals surface area contributed by atoms with Crippen molar-refractivity contribution in [2.75, 3.05) is 4.90 Å². The number of amides is 1. The number of carbonyl (C=O) groups is 1. The Kier molecular flexibility index (Phi) is 3.94. The second-order valence-corrected chi connectivity index (χ2v) is 7.29. The number of non-ortho nitro benzene ring substituents is 1. The number of nitro benzene ring substituents is 1. The summed E-state index contributed by atoms with van der Waals surface area (Å²) in [5.74, 6) is -0.536. The van der Waals surface area contributed by atoms with Crippen molar-refractivity contribution < 1.29 is 14.8 Å². The molecule has 1 aliphatic heterocycles. The first-order valence-corrected chi connectivity index (χ1v) is 9.44. The molecule has 1 aromatic heterocycles. The summed E-state index contributed by atoms with van der Waals surface area (Å²) in [6, 6.07) is 20.9. The molecule has 30 heavy (non-hydrogen) atoms. The van der Waals surface area contributed by atoms with Crippen molar-refractivity contribution in [2.24, 2.45) is 0 Å². The minimum Gasteiger partial charge on any atom is -0.372 e. The van der Waals surface area contributed by atoms with E-state index in [1.54, 1.807) is 6.20 Å². The molecule has 0 saturated carbocycles. The summed E-state index contributed by atoms with van der Waals surface area (Å²) in [4.78, 5) is 29.0. The van der Waals surface area contributed by atoms with Gasteiger partial charge in [0.2, 0.25) is 0 Å². The quantitative estimate of drug-likeness (QED) is 0.402. The molecule has 0 radical (unpaired) electrons. The van der Waals surface area contributed by atoms with E-state index in [9.17, 15) is 20.0 Å². The van der Waals surface area contributed by atoms with Crippen LogP contribution in [0.2, 0.25) is 0 Å². The van der Waals surface area contributed by atoms with Gasteiger partial charge in [-0.3, -0.25) is 14.9 Å². The molecule has 0 fully saturated rings. The molecule has 0 saturated heterocycles. The van der Waals surface area contributed by atoms with Gasteiger partial charge < -0.3 is 15.0 Å². The molecular weight excluding hydrogens is 382 g/mol. The average molecular weight is 399 g/mol. The number of hydrogen-bond acceptors (Lipinski definition) is 4. The van der Waals surface area contributed by atoms with Crippen molar-refractivity contribution >= 4 is 28.2 Å². The molecule has 5 rings (SSSR count). The number of hydrogen-bond donors (Lipinski definition) is 2.